The minimum Gasteiger partial charge on any atom is -0.393 e. The van der Waals surface area contributed by atoms with Gasteiger partial charge in [-0.1, -0.05) is 13.8 Å². The van der Waals surface area contributed by atoms with Gasteiger partial charge in [-0.3, -0.25) is 4.79 Å². The summed E-state index contributed by atoms with van der Waals surface area (Å²) < 4.78 is 0. The van der Waals surface area contributed by atoms with Crippen LogP contribution < -0.4 is 0 Å². The first-order valence-corrected chi connectivity index (χ1v) is 10.5. The summed E-state index contributed by atoms with van der Waals surface area (Å²) in [6, 6.07) is 0. The van der Waals surface area contributed by atoms with Gasteiger partial charge in [-0.25, -0.2) is 0 Å². The maximum atomic E-state index is 12.4. The van der Waals surface area contributed by atoms with E-state index in [0.29, 0.717) is 38.5 Å². The maximum absolute atomic E-state index is 12.4. The molecule has 4 rings (SSSR count). The van der Waals surface area contributed by atoms with Crippen LogP contribution in [0.15, 0.2) is 0 Å². The second-order valence-corrected chi connectivity index (χ2v) is 10.3. The zero-order valence-electron chi connectivity index (χ0n) is 16.3. The van der Waals surface area contributed by atoms with E-state index in [2.05, 4.69) is 6.92 Å². The Morgan fingerprint density at radius 1 is 1.00 bits per heavy atom. The summed E-state index contributed by atoms with van der Waals surface area (Å²) in [4.78, 5) is 12.4. The smallest absolute Gasteiger partial charge is 0.190 e. The molecule has 0 aromatic carbocycles. The fourth-order valence-corrected chi connectivity index (χ4v) is 8.00. The van der Waals surface area contributed by atoms with E-state index in [1.54, 1.807) is 0 Å². The quantitative estimate of drug-likeness (QED) is 0.478. The molecule has 0 aromatic rings. The Kier molecular flexibility index (Phi) is 4.56. The van der Waals surface area contributed by atoms with Gasteiger partial charge in [0.15, 0.2) is 5.78 Å². The van der Waals surface area contributed by atoms with Gasteiger partial charge >= 0.3 is 0 Å². The van der Waals surface area contributed by atoms with Crippen molar-refractivity contribution in [1.29, 1.82) is 0 Å². The number of Topliss-reactive ketones (excluding diaryl/α,β-unsaturated/α-hetero) is 1. The third kappa shape index (κ3) is 2.46. The molecule has 0 unspecified atom stereocenters. The molecular formula is C21H34O6. The Labute approximate surface area is 160 Å². The monoisotopic (exact) mass is 382 g/mol. The molecule has 4 aliphatic rings. The molecule has 0 heterocycles. The normalized spacial score (nSPS) is 57.5. The van der Waals surface area contributed by atoms with Gasteiger partial charge in [-0.05, 0) is 74.0 Å². The molecule has 27 heavy (non-hydrogen) atoms. The minimum atomic E-state index is -1.61. The predicted molar refractivity (Wildman–Crippen MR) is 97.6 cm³/mol. The second-order valence-electron chi connectivity index (χ2n) is 10.3. The van der Waals surface area contributed by atoms with Crippen LogP contribution in [0.2, 0.25) is 0 Å². The maximum Gasteiger partial charge on any atom is 0.190 e. The van der Waals surface area contributed by atoms with Crippen molar-refractivity contribution in [3.8, 4) is 0 Å². The van der Waals surface area contributed by atoms with Crippen molar-refractivity contribution in [3.63, 3.8) is 0 Å². The fraction of sp³-hybridized carbons (Fsp3) is 0.952. The van der Waals surface area contributed by atoms with E-state index in [9.17, 15) is 30.3 Å². The first kappa shape index (κ1) is 19.8. The predicted octanol–water partition coefficient (Wildman–Crippen LogP) is 0.624. The molecule has 0 aromatic heterocycles. The zero-order chi connectivity index (χ0) is 19.8. The van der Waals surface area contributed by atoms with Crippen LogP contribution in [0.1, 0.15) is 58.8 Å². The number of hydrogen-bond acceptors (Lipinski definition) is 6. The lowest BCUT2D eigenvalue weighted by molar-refractivity contribution is -0.222. The van der Waals surface area contributed by atoms with Crippen LogP contribution in [0.4, 0.5) is 0 Å². The number of carbonyl (C=O) groups is 1. The van der Waals surface area contributed by atoms with Crippen molar-refractivity contribution in [3.05, 3.63) is 0 Å². The van der Waals surface area contributed by atoms with Gasteiger partial charge in [0.25, 0.3) is 0 Å². The number of hydrogen-bond donors (Lipinski definition) is 5. The van der Waals surface area contributed by atoms with Gasteiger partial charge in [0.05, 0.1) is 18.3 Å². The van der Waals surface area contributed by atoms with Crippen LogP contribution >= 0.6 is 0 Å². The highest BCUT2D eigenvalue weighted by molar-refractivity contribution is 5.89. The van der Waals surface area contributed by atoms with E-state index in [4.69, 9.17) is 0 Å². The van der Waals surface area contributed by atoms with Gasteiger partial charge in [-0.15, -0.1) is 0 Å². The zero-order valence-corrected chi connectivity index (χ0v) is 16.3. The van der Waals surface area contributed by atoms with E-state index >= 15 is 0 Å². The average Bonchev–Trinajstić information content (AvgIpc) is 2.87. The second kappa shape index (κ2) is 6.23. The Morgan fingerprint density at radius 2 is 1.70 bits per heavy atom. The molecule has 0 spiro atoms. The lowest BCUT2D eigenvalue weighted by atomic mass is 9.43. The van der Waals surface area contributed by atoms with Crippen LogP contribution in [0, 0.1) is 34.5 Å². The van der Waals surface area contributed by atoms with Crippen molar-refractivity contribution >= 4 is 5.78 Å². The summed E-state index contributed by atoms with van der Waals surface area (Å²) in [5.41, 5.74) is -2.64. The first-order valence-electron chi connectivity index (χ1n) is 10.5. The summed E-state index contributed by atoms with van der Waals surface area (Å²) in [5, 5.41) is 52.9. The minimum absolute atomic E-state index is 0.00283. The molecule has 6 nitrogen and oxygen atoms in total. The highest BCUT2D eigenvalue weighted by Crippen LogP contribution is 2.68. The first-order chi connectivity index (χ1) is 12.6. The Bertz CT molecular complexity index is 624. The lowest BCUT2D eigenvalue weighted by Gasteiger charge is -2.63. The van der Waals surface area contributed by atoms with Crippen LogP contribution in [0.3, 0.4) is 0 Å². The van der Waals surface area contributed by atoms with Crippen LogP contribution in [0.5, 0.6) is 0 Å². The topological polar surface area (TPSA) is 118 Å². The molecule has 0 aliphatic heterocycles. The van der Waals surface area contributed by atoms with Gasteiger partial charge in [0, 0.05) is 5.41 Å². The van der Waals surface area contributed by atoms with E-state index in [1.165, 1.54) is 0 Å². The van der Waals surface area contributed by atoms with Crippen LogP contribution in [-0.4, -0.2) is 61.8 Å². The molecule has 4 saturated carbocycles. The molecule has 0 radical (unpaired) electrons. The molecule has 4 fully saturated rings. The number of ketones is 1. The molecule has 10 atom stereocenters. The van der Waals surface area contributed by atoms with E-state index in [0.717, 1.165) is 6.42 Å². The van der Waals surface area contributed by atoms with Crippen molar-refractivity contribution in [2.24, 2.45) is 34.5 Å². The van der Waals surface area contributed by atoms with Crippen molar-refractivity contribution in [2.45, 2.75) is 82.7 Å². The molecule has 4 aliphatic carbocycles. The fourth-order valence-electron chi connectivity index (χ4n) is 8.00. The SMILES string of the molecule is C[C@]12CC[C@@H](O)C[C@H]1[C@@H](O)C[C@@H]1[C@H]2[C@@H](O)C[C@@]2(C)[C@H]1CC[C@]2(O)C(=O)CO. The Hall–Kier alpha value is -0.530. The third-order valence-corrected chi connectivity index (χ3v) is 9.34. The van der Waals surface area contributed by atoms with Crippen molar-refractivity contribution in [2.75, 3.05) is 6.61 Å². The number of carbonyl (C=O) groups excluding carboxylic acids is 1. The Morgan fingerprint density at radius 3 is 2.37 bits per heavy atom. The number of aliphatic hydroxyl groups excluding tert-OH is 4. The molecule has 0 bridgehead atoms. The van der Waals surface area contributed by atoms with Gasteiger partial charge in [0.2, 0.25) is 0 Å². The van der Waals surface area contributed by atoms with Crippen molar-refractivity contribution < 1.29 is 30.3 Å². The van der Waals surface area contributed by atoms with E-state index < -0.39 is 35.6 Å². The summed E-state index contributed by atoms with van der Waals surface area (Å²) in [5.74, 6) is -0.514. The highest BCUT2D eigenvalue weighted by Gasteiger charge is 2.69. The summed E-state index contributed by atoms with van der Waals surface area (Å²) in [6.07, 6.45) is 2.29. The standard InChI is InChI=1S/C21H34O6/c1-19-5-3-11(23)7-14(19)15(24)8-12-13-4-6-21(27,17(26)10-22)20(13,2)9-16(25)18(12)19/h11-16,18,22-25,27H,3-10H2,1-2H3/t11-,12+,13+,14+,15+,16+,18+,19+,20+,21+/m1/s1. The molecular weight excluding hydrogens is 348 g/mol. The summed E-state index contributed by atoms with van der Waals surface area (Å²) >= 11 is 0. The van der Waals surface area contributed by atoms with E-state index in [-0.39, 0.29) is 35.2 Å². The third-order valence-electron chi connectivity index (χ3n) is 9.34. The highest BCUT2D eigenvalue weighted by atomic mass is 16.3. The van der Waals surface area contributed by atoms with Crippen LogP contribution in [-0.2, 0) is 4.79 Å². The van der Waals surface area contributed by atoms with Crippen LogP contribution in [0.25, 0.3) is 0 Å². The largest absolute Gasteiger partial charge is 0.393 e. The molecule has 154 valence electrons. The van der Waals surface area contributed by atoms with Crippen molar-refractivity contribution in [1.82, 2.24) is 0 Å². The number of fused-ring (bicyclic) bond motifs is 5. The number of aliphatic hydroxyl groups is 5. The molecule has 0 saturated heterocycles. The van der Waals surface area contributed by atoms with Gasteiger partial charge in [0.1, 0.15) is 12.2 Å². The van der Waals surface area contributed by atoms with Gasteiger partial charge in [-0.2, -0.15) is 0 Å². The molecule has 0 amide bonds. The molecule has 5 N–H and O–H groups in total. The summed E-state index contributed by atoms with van der Waals surface area (Å²) in [7, 11) is 0. The van der Waals surface area contributed by atoms with Gasteiger partial charge < -0.3 is 25.5 Å². The Balaban J connectivity index is 1.72. The average molecular weight is 382 g/mol. The molecule has 6 heteroatoms. The van der Waals surface area contributed by atoms with E-state index in [1.807, 2.05) is 6.92 Å². The number of rotatable bonds is 2. The summed E-state index contributed by atoms with van der Waals surface area (Å²) in [6.45, 7) is 3.34. The lowest BCUT2D eigenvalue weighted by Crippen LogP contribution is -2.65.